The van der Waals surface area contributed by atoms with Crippen LogP contribution in [-0.2, 0) is 4.74 Å². The number of hydrogen-bond acceptors (Lipinski definition) is 6. The fourth-order valence-corrected chi connectivity index (χ4v) is 2.19. The summed E-state index contributed by atoms with van der Waals surface area (Å²) in [5.41, 5.74) is 6.76. The van der Waals surface area contributed by atoms with E-state index >= 15 is 0 Å². The van der Waals surface area contributed by atoms with Crippen molar-refractivity contribution in [2.45, 2.75) is 38.9 Å². The maximum Gasteiger partial charge on any atom is 0.152 e. The minimum Gasteiger partial charge on any atom is -0.393 e. The van der Waals surface area contributed by atoms with Crippen LogP contribution in [0.3, 0.4) is 0 Å². The second-order valence-corrected chi connectivity index (χ2v) is 5.22. The van der Waals surface area contributed by atoms with E-state index in [-0.39, 0.29) is 18.5 Å². The predicted octanol–water partition coefficient (Wildman–Crippen LogP) is 1.42. The summed E-state index contributed by atoms with van der Waals surface area (Å²) in [5.74, 6) is 0.250. The first kappa shape index (κ1) is 15.2. The molecule has 0 bridgehead atoms. The van der Waals surface area contributed by atoms with E-state index in [2.05, 4.69) is 16.2 Å². The molecule has 0 radical (unpaired) electrons. The van der Waals surface area contributed by atoms with Gasteiger partial charge in [-0.25, -0.2) is 9.50 Å². The first-order valence-corrected chi connectivity index (χ1v) is 6.76. The highest BCUT2D eigenvalue weighted by Gasteiger charge is 2.27. The standard InChI is InChI=1S/C14H19N5O2/c1-4-14(3,7-20)21-9(2)11-5-10(6-15)12-13(16)17-8-18-19(11)12/h5,8-9,20H,4,7H2,1-3H3,(H2,16,17,18)/t9-,14-/m1/s1. The van der Waals surface area contributed by atoms with Gasteiger partial charge < -0.3 is 15.6 Å². The number of nitrogens with zero attached hydrogens (tertiary/aromatic N) is 4. The van der Waals surface area contributed by atoms with Crippen molar-refractivity contribution >= 4 is 11.3 Å². The lowest BCUT2D eigenvalue weighted by Gasteiger charge is -2.29. The smallest absolute Gasteiger partial charge is 0.152 e. The van der Waals surface area contributed by atoms with E-state index in [0.717, 1.165) is 0 Å². The van der Waals surface area contributed by atoms with Gasteiger partial charge in [0, 0.05) is 0 Å². The molecule has 0 saturated carbocycles. The molecule has 7 heteroatoms. The summed E-state index contributed by atoms with van der Waals surface area (Å²) in [5, 5.41) is 22.8. The summed E-state index contributed by atoms with van der Waals surface area (Å²) in [7, 11) is 0. The number of nitrogens with two attached hydrogens (primary N) is 1. The third kappa shape index (κ3) is 2.68. The number of rotatable bonds is 5. The third-order valence-corrected chi connectivity index (χ3v) is 3.69. The lowest BCUT2D eigenvalue weighted by atomic mass is 10.0. The van der Waals surface area contributed by atoms with Gasteiger partial charge in [-0.2, -0.15) is 10.4 Å². The van der Waals surface area contributed by atoms with Crippen molar-refractivity contribution in [2.24, 2.45) is 0 Å². The molecular formula is C14H19N5O2. The number of anilines is 1. The number of fused-ring (bicyclic) bond motifs is 1. The molecule has 0 amide bonds. The third-order valence-electron chi connectivity index (χ3n) is 3.69. The highest BCUT2D eigenvalue weighted by molar-refractivity contribution is 5.74. The number of ether oxygens (including phenoxy) is 1. The Bertz CT molecular complexity index is 684. The van der Waals surface area contributed by atoms with Crippen LogP contribution in [0, 0.1) is 11.3 Å². The van der Waals surface area contributed by atoms with Gasteiger partial charge in [-0.15, -0.1) is 0 Å². The van der Waals surface area contributed by atoms with Crippen molar-refractivity contribution in [2.75, 3.05) is 12.3 Å². The second-order valence-electron chi connectivity index (χ2n) is 5.22. The van der Waals surface area contributed by atoms with E-state index in [0.29, 0.717) is 23.2 Å². The van der Waals surface area contributed by atoms with E-state index in [4.69, 9.17) is 10.5 Å². The molecule has 3 N–H and O–H groups in total. The van der Waals surface area contributed by atoms with E-state index < -0.39 is 5.60 Å². The molecule has 7 nitrogen and oxygen atoms in total. The van der Waals surface area contributed by atoms with E-state index in [9.17, 15) is 10.4 Å². The van der Waals surface area contributed by atoms with Gasteiger partial charge in [-0.3, -0.25) is 0 Å². The summed E-state index contributed by atoms with van der Waals surface area (Å²) in [6.45, 7) is 5.55. The Morgan fingerprint density at radius 3 is 2.90 bits per heavy atom. The van der Waals surface area contributed by atoms with Gasteiger partial charge in [-0.1, -0.05) is 6.92 Å². The number of nitriles is 1. The Labute approximate surface area is 123 Å². The predicted molar refractivity (Wildman–Crippen MR) is 77.4 cm³/mol. The normalized spacial score (nSPS) is 15.6. The number of aliphatic hydroxyl groups is 1. The SMILES string of the molecule is CC[C@](C)(CO)O[C@H](C)c1cc(C#N)c2c(N)ncnn12. The van der Waals surface area contributed by atoms with Crippen LogP contribution in [0.5, 0.6) is 0 Å². The quantitative estimate of drug-likeness (QED) is 0.861. The van der Waals surface area contributed by atoms with Gasteiger partial charge in [-0.05, 0) is 26.3 Å². The summed E-state index contributed by atoms with van der Waals surface area (Å²) in [4.78, 5) is 3.91. The van der Waals surface area contributed by atoms with Crippen LogP contribution < -0.4 is 5.73 Å². The summed E-state index contributed by atoms with van der Waals surface area (Å²) >= 11 is 0. The zero-order chi connectivity index (χ0) is 15.6. The maximum absolute atomic E-state index is 9.46. The highest BCUT2D eigenvalue weighted by atomic mass is 16.5. The van der Waals surface area contributed by atoms with Gasteiger partial charge in [0.1, 0.15) is 17.9 Å². The minimum atomic E-state index is -0.644. The molecule has 2 aromatic heterocycles. The summed E-state index contributed by atoms with van der Waals surface area (Å²) in [6, 6.07) is 3.78. The Balaban J connectivity index is 2.48. The van der Waals surface area contributed by atoms with Crippen molar-refractivity contribution < 1.29 is 9.84 Å². The van der Waals surface area contributed by atoms with Crippen molar-refractivity contribution in [3.8, 4) is 6.07 Å². The average molecular weight is 289 g/mol. The van der Waals surface area contributed by atoms with Gasteiger partial charge >= 0.3 is 0 Å². The van der Waals surface area contributed by atoms with E-state index in [1.54, 1.807) is 10.6 Å². The molecule has 0 aromatic carbocycles. The van der Waals surface area contributed by atoms with Gasteiger partial charge in [0.15, 0.2) is 5.82 Å². The molecule has 21 heavy (non-hydrogen) atoms. The maximum atomic E-state index is 9.46. The largest absolute Gasteiger partial charge is 0.393 e. The van der Waals surface area contributed by atoms with E-state index in [1.807, 2.05) is 20.8 Å². The molecule has 2 atom stereocenters. The molecule has 0 saturated heterocycles. The fourth-order valence-electron chi connectivity index (χ4n) is 2.19. The molecule has 0 spiro atoms. The van der Waals surface area contributed by atoms with E-state index in [1.165, 1.54) is 6.33 Å². The molecule has 2 heterocycles. The van der Waals surface area contributed by atoms with Crippen LogP contribution in [0.25, 0.3) is 5.52 Å². The van der Waals surface area contributed by atoms with Gasteiger partial charge in [0.25, 0.3) is 0 Å². The van der Waals surface area contributed by atoms with Crippen molar-refractivity contribution in [3.05, 3.63) is 23.7 Å². The number of aromatic nitrogens is 3. The average Bonchev–Trinajstić information content (AvgIpc) is 2.87. The van der Waals surface area contributed by atoms with Crippen LogP contribution in [0.4, 0.5) is 5.82 Å². The first-order chi connectivity index (χ1) is 9.95. The number of nitrogen functional groups attached to an aromatic ring is 1. The molecule has 112 valence electrons. The summed E-state index contributed by atoms with van der Waals surface area (Å²) < 4.78 is 7.52. The topological polar surface area (TPSA) is 109 Å². The Morgan fingerprint density at radius 1 is 1.62 bits per heavy atom. The number of hydrogen-bond donors (Lipinski definition) is 2. The molecule has 0 fully saturated rings. The van der Waals surface area contributed by atoms with Crippen molar-refractivity contribution in [1.82, 2.24) is 14.6 Å². The lowest BCUT2D eigenvalue weighted by Crippen LogP contribution is -2.33. The Hall–Kier alpha value is -2.17. The lowest BCUT2D eigenvalue weighted by molar-refractivity contribution is -0.108. The molecular weight excluding hydrogens is 270 g/mol. The first-order valence-electron chi connectivity index (χ1n) is 6.76. The Kier molecular flexibility index (Phi) is 4.11. The Morgan fingerprint density at radius 2 is 2.33 bits per heavy atom. The monoisotopic (exact) mass is 289 g/mol. The van der Waals surface area contributed by atoms with Gasteiger partial charge in [0.2, 0.25) is 0 Å². The van der Waals surface area contributed by atoms with Crippen molar-refractivity contribution in [1.29, 1.82) is 5.26 Å². The molecule has 2 rings (SSSR count). The highest BCUT2D eigenvalue weighted by Crippen LogP contribution is 2.29. The van der Waals surface area contributed by atoms with Crippen LogP contribution in [0.15, 0.2) is 12.4 Å². The molecule has 0 aliphatic heterocycles. The van der Waals surface area contributed by atoms with Crippen LogP contribution in [0.2, 0.25) is 0 Å². The van der Waals surface area contributed by atoms with Crippen molar-refractivity contribution in [3.63, 3.8) is 0 Å². The second kappa shape index (κ2) is 5.68. The van der Waals surface area contributed by atoms with Crippen LogP contribution >= 0.6 is 0 Å². The molecule has 0 unspecified atom stereocenters. The summed E-state index contributed by atoms with van der Waals surface area (Å²) in [6.07, 6.45) is 1.65. The zero-order valence-corrected chi connectivity index (χ0v) is 12.4. The van der Waals surface area contributed by atoms with Crippen LogP contribution in [0.1, 0.15) is 44.6 Å². The molecule has 0 aliphatic carbocycles. The zero-order valence-electron chi connectivity index (χ0n) is 12.4. The molecule has 2 aromatic rings. The minimum absolute atomic E-state index is 0.0840. The fraction of sp³-hybridized carbons (Fsp3) is 0.500. The number of aliphatic hydroxyl groups excluding tert-OH is 1. The van der Waals surface area contributed by atoms with Crippen LogP contribution in [-0.4, -0.2) is 31.9 Å². The van der Waals surface area contributed by atoms with Gasteiger partial charge in [0.05, 0.1) is 29.6 Å². The molecule has 0 aliphatic rings.